The van der Waals surface area contributed by atoms with E-state index in [4.69, 9.17) is 7.98 Å². The first-order valence-corrected chi connectivity index (χ1v) is 10.6. The van der Waals surface area contributed by atoms with Gasteiger partial charge in [-0.3, -0.25) is 0 Å². The predicted molar refractivity (Wildman–Crippen MR) is 120 cm³/mol. The van der Waals surface area contributed by atoms with E-state index >= 15 is 0 Å². The second-order valence-corrected chi connectivity index (χ2v) is 8.06. The molecule has 0 aliphatic carbocycles. The van der Waals surface area contributed by atoms with Crippen LogP contribution in [0.15, 0.2) is 36.2 Å². The first-order chi connectivity index (χ1) is 13.9. The van der Waals surface area contributed by atoms with Gasteiger partial charge < -0.3 is 10.1 Å². The van der Waals surface area contributed by atoms with Crippen LogP contribution in [-0.4, -0.2) is 71.1 Å². The second kappa shape index (κ2) is 11.4. The van der Waals surface area contributed by atoms with E-state index in [0.717, 1.165) is 43.6 Å². The van der Waals surface area contributed by atoms with E-state index in [2.05, 4.69) is 52.9 Å². The highest BCUT2D eigenvalue weighted by Crippen LogP contribution is 2.18. The Balaban J connectivity index is 2.05. The van der Waals surface area contributed by atoms with E-state index in [0.29, 0.717) is 24.7 Å². The molecule has 1 aromatic rings. The molecule has 29 heavy (non-hydrogen) atoms. The molecule has 0 amide bonds. The van der Waals surface area contributed by atoms with Crippen LogP contribution in [0.2, 0.25) is 0 Å². The van der Waals surface area contributed by atoms with E-state index in [1.807, 2.05) is 11.9 Å². The van der Waals surface area contributed by atoms with E-state index < -0.39 is 0 Å². The average molecular weight is 417 g/mol. The van der Waals surface area contributed by atoms with Crippen molar-refractivity contribution in [1.82, 2.24) is 24.9 Å². The van der Waals surface area contributed by atoms with Gasteiger partial charge in [0.1, 0.15) is 31.2 Å². The van der Waals surface area contributed by atoms with Gasteiger partial charge >= 0.3 is 0 Å². The molecule has 1 aliphatic heterocycles. The second-order valence-electron chi connectivity index (χ2n) is 7.54. The third kappa shape index (κ3) is 7.15. The molecule has 6 nitrogen and oxygen atoms in total. The summed E-state index contributed by atoms with van der Waals surface area (Å²) in [6.45, 7) is 16.8. The van der Waals surface area contributed by atoms with E-state index in [-0.39, 0.29) is 23.3 Å². The van der Waals surface area contributed by atoms with Crippen LogP contribution >= 0.6 is 12.1 Å². The fourth-order valence-corrected chi connectivity index (χ4v) is 3.83. The van der Waals surface area contributed by atoms with Crippen molar-refractivity contribution in [2.75, 3.05) is 26.7 Å². The molecule has 1 aromatic heterocycles. The molecule has 1 aliphatic rings. The monoisotopic (exact) mass is 417 g/mol. The van der Waals surface area contributed by atoms with Crippen LogP contribution in [0.4, 0.5) is 3.89 Å². The Morgan fingerprint density at radius 2 is 2.28 bits per heavy atom. The van der Waals surface area contributed by atoms with Crippen molar-refractivity contribution in [3.63, 3.8) is 0 Å². The molecule has 156 valence electrons. The first kappa shape index (κ1) is 23.4. The summed E-state index contributed by atoms with van der Waals surface area (Å²) >= 11 is 0.0280. The molecule has 2 radical (unpaired) electrons. The molecular formula is C20H31BFN6S+. The molecule has 2 atom stereocenters. The van der Waals surface area contributed by atoms with Crippen LogP contribution in [0.3, 0.4) is 0 Å². The molecule has 9 heteroatoms. The fourth-order valence-electron chi connectivity index (χ4n) is 3.57. The minimum Gasteiger partial charge on any atom is -0.377 e. The lowest BCUT2D eigenvalue weighted by Gasteiger charge is -2.22. The molecule has 2 rings (SSSR count). The molecule has 1 fully saturated rings. The number of nitrogens with zero attached hydrogens (tertiary/aromatic N) is 5. The Morgan fingerprint density at radius 1 is 1.52 bits per heavy atom. The lowest BCUT2D eigenvalue weighted by Crippen LogP contribution is -2.35. The summed E-state index contributed by atoms with van der Waals surface area (Å²) in [7, 11) is 7.89. The zero-order valence-corrected chi connectivity index (χ0v) is 18.3. The smallest absolute Gasteiger partial charge is 0.241 e. The van der Waals surface area contributed by atoms with Crippen LogP contribution < -0.4 is 5.32 Å². The molecule has 0 spiro atoms. The Labute approximate surface area is 179 Å². The van der Waals surface area contributed by atoms with Gasteiger partial charge in [-0.2, -0.15) is 3.89 Å². The fraction of sp³-hybridized carbons (Fsp3) is 0.550. The third-order valence-corrected chi connectivity index (χ3v) is 5.23. The van der Waals surface area contributed by atoms with Gasteiger partial charge in [0.15, 0.2) is 14.5 Å². The Bertz CT molecular complexity index is 762. The number of hydrogen-bond acceptors (Lipinski definition) is 5. The van der Waals surface area contributed by atoms with Gasteiger partial charge in [-0.25, -0.2) is 14.2 Å². The number of hydrogen-bond donors (Lipinski definition) is 1. The molecule has 0 saturated carbocycles. The predicted octanol–water partition coefficient (Wildman–Crippen LogP) is 2.84. The average Bonchev–Trinajstić information content (AvgIpc) is 3.26. The Kier molecular flexibility index (Phi) is 9.17. The van der Waals surface area contributed by atoms with Gasteiger partial charge in [-0.1, -0.05) is 38.7 Å². The van der Waals surface area contributed by atoms with E-state index in [1.165, 1.54) is 10.9 Å². The van der Waals surface area contributed by atoms with Crippen molar-refractivity contribution in [2.24, 2.45) is 5.92 Å². The van der Waals surface area contributed by atoms with Gasteiger partial charge in [0.25, 0.3) is 0 Å². The molecule has 1 saturated heterocycles. The van der Waals surface area contributed by atoms with Gasteiger partial charge in [-0.15, -0.1) is 5.10 Å². The van der Waals surface area contributed by atoms with Crippen molar-refractivity contribution < 1.29 is 8.46 Å². The summed E-state index contributed by atoms with van der Waals surface area (Å²) in [6.07, 6.45) is 7.22. The molecule has 2 unspecified atom stereocenters. The zero-order chi connectivity index (χ0) is 21.4. The standard InChI is InChI=1S/C20H31BFN6S/c1-6-8-15(3)18(11-19-24-20(29-22)25-28(19)7-2)23-16(4)12-26(5)13-17-9-10-27(21)14-17/h7,13,17-18,23H,2-4,6,8-12,14H2,1,5H3/q+1. The maximum atomic E-state index is 12.9. The molecule has 2 heterocycles. The highest BCUT2D eigenvalue weighted by Gasteiger charge is 2.22. The van der Waals surface area contributed by atoms with Gasteiger partial charge in [-0.05, 0) is 25.9 Å². The number of aromatic nitrogens is 3. The van der Waals surface area contributed by atoms with Crippen molar-refractivity contribution in [2.45, 2.75) is 43.8 Å². The lowest BCUT2D eigenvalue weighted by atomic mass is 10.0. The summed E-state index contributed by atoms with van der Waals surface area (Å²) in [5.74, 6) is 1.10. The van der Waals surface area contributed by atoms with Gasteiger partial charge in [0.2, 0.25) is 5.16 Å². The highest BCUT2D eigenvalue weighted by molar-refractivity contribution is 7.94. The van der Waals surface area contributed by atoms with Crippen molar-refractivity contribution in [3.8, 4) is 0 Å². The minimum absolute atomic E-state index is 0.0280. The Morgan fingerprint density at radius 3 is 2.86 bits per heavy atom. The minimum atomic E-state index is -0.0674. The van der Waals surface area contributed by atoms with E-state index in [9.17, 15) is 3.89 Å². The highest BCUT2D eigenvalue weighted by atomic mass is 32.2. The summed E-state index contributed by atoms with van der Waals surface area (Å²) in [5.41, 5.74) is 1.95. The van der Waals surface area contributed by atoms with Gasteiger partial charge in [0, 0.05) is 18.5 Å². The van der Waals surface area contributed by atoms with Crippen molar-refractivity contribution >= 4 is 32.5 Å². The molecular weight excluding hydrogens is 386 g/mol. The van der Waals surface area contributed by atoms with E-state index in [1.54, 1.807) is 0 Å². The lowest BCUT2D eigenvalue weighted by molar-refractivity contribution is -0.486. The van der Waals surface area contributed by atoms with Crippen LogP contribution in [0.5, 0.6) is 0 Å². The quantitative estimate of drug-likeness (QED) is 0.245. The zero-order valence-electron chi connectivity index (χ0n) is 17.5. The maximum Gasteiger partial charge on any atom is 0.241 e. The molecule has 0 aromatic carbocycles. The molecule has 1 N–H and O–H groups in total. The summed E-state index contributed by atoms with van der Waals surface area (Å²) in [4.78, 5) is 6.10. The normalized spacial score (nSPS) is 18.6. The largest absolute Gasteiger partial charge is 0.377 e. The van der Waals surface area contributed by atoms with Crippen molar-refractivity contribution in [1.29, 1.82) is 0 Å². The van der Waals surface area contributed by atoms with Crippen LogP contribution in [-0.2, 0) is 6.42 Å². The Hall–Kier alpha value is -1.87. The number of likely N-dealkylation sites (N-methyl/N-ethyl adjacent to an activating group) is 1. The third-order valence-electron chi connectivity index (χ3n) is 4.92. The number of halogens is 1. The SMILES string of the molecule is [B]N1CCC(C=[N+](C)CC(=C)NC(Cc2nc(SF)nn2C=C)C(=C)CCC)C1. The first-order valence-electron chi connectivity index (χ1n) is 9.89. The van der Waals surface area contributed by atoms with Crippen LogP contribution in [0.25, 0.3) is 6.20 Å². The van der Waals surface area contributed by atoms with Crippen molar-refractivity contribution in [3.05, 3.63) is 36.8 Å². The van der Waals surface area contributed by atoms with Crippen LogP contribution in [0, 0.1) is 5.92 Å². The topological polar surface area (TPSA) is 49.0 Å². The summed E-state index contributed by atoms with van der Waals surface area (Å²) in [6, 6.07) is -0.0674. The number of rotatable bonds is 12. The number of nitrogens with one attached hydrogen (secondary N) is 1. The maximum absolute atomic E-state index is 12.9. The van der Waals surface area contributed by atoms with Gasteiger partial charge in [0.05, 0.1) is 11.7 Å². The molecule has 0 bridgehead atoms. The van der Waals surface area contributed by atoms with Crippen LogP contribution in [0.1, 0.15) is 32.0 Å². The summed E-state index contributed by atoms with van der Waals surface area (Å²) in [5, 5.41) is 7.63. The summed E-state index contributed by atoms with van der Waals surface area (Å²) < 4.78 is 16.5.